The number of carboxylic acids is 1. The van der Waals surface area contributed by atoms with E-state index in [9.17, 15) is 24.3 Å². The van der Waals surface area contributed by atoms with Crippen LogP contribution in [0.15, 0.2) is 18.2 Å². The van der Waals surface area contributed by atoms with Crippen LogP contribution >= 0.6 is 0 Å². The summed E-state index contributed by atoms with van der Waals surface area (Å²) in [5.74, 6) is -3.07. The van der Waals surface area contributed by atoms with Crippen molar-refractivity contribution in [2.45, 2.75) is 86.3 Å². The summed E-state index contributed by atoms with van der Waals surface area (Å²) in [5, 5.41) is 9.90. The third kappa shape index (κ3) is 9.96. The number of carboxylic acid groups (broad SMARTS) is 1. The summed E-state index contributed by atoms with van der Waals surface area (Å²) in [5.41, 5.74) is 4.86. The van der Waals surface area contributed by atoms with Crippen molar-refractivity contribution in [2.24, 2.45) is 29.4 Å². The van der Waals surface area contributed by atoms with Crippen LogP contribution in [0.5, 0.6) is 11.5 Å². The van der Waals surface area contributed by atoms with E-state index in [2.05, 4.69) is 0 Å². The smallest absolute Gasteiger partial charge is 0.480 e. The lowest BCUT2D eigenvalue weighted by molar-refractivity contribution is -0.145. The number of carbonyl (C=O) groups excluding carboxylic acids is 3. The quantitative estimate of drug-likeness (QED) is 0.251. The lowest BCUT2D eigenvalue weighted by atomic mass is 9.86. The second-order valence-corrected chi connectivity index (χ2v) is 10.6. The Morgan fingerprint density at radius 1 is 0.895 bits per heavy atom. The van der Waals surface area contributed by atoms with Crippen LogP contribution in [0.2, 0.25) is 0 Å². The molecule has 10 heteroatoms. The first-order valence-corrected chi connectivity index (χ1v) is 13.0. The van der Waals surface area contributed by atoms with Gasteiger partial charge in [0, 0.05) is 12.8 Å². The van der Waals surface area contributed by atoms with Crippen molar-refractivity contribution in [3.05, 3.63) is 23.8 Å². The molecule has 0 bridgehead atoms. The van der Waals surface area contributed by atoms with Gasteiger partial charge in [0.1, 0.15) is 11.6 Å². The van der Waals surface area contributed by atoms with Gasteiger partial charge in [-0.3, -0.25) is 14.4 Å². The van der Waals surface area contributed by atoms with E-state index in [1.165, 1.54) is 19.1 Å². The van der Waals surface area contributed by atoms with Crippen molar-refractivity contribution in [3.8, 4) is 11.5 Å². The van der Waals surface area contributed by atoms with Gasteiger partial charge in [-0.25, -0.2) is 4.79 Å². The van der Waals surface area contributed by atoms with E-state index < -0.39 is 47.5 Å². The largest absolute Gasteiger partial charge is 0.508 e. The van der Waals surface area contributed by atoms with Gasteiger partial charge in [-0.1, -0.05) is 54.5 Å². The molecule has 1 rings (SSSR count). The minimum atomic E-state index is -1.82. The van der Waals surface area contributed by atoms with Crippen LogP contribution < -0.4 is 15.2 Å². The Labute approximate surface area is 225 Å². The van der Waals surface area contributed by atoms with Gasteiger partial charge < -0.3 is 29.8 Å². The summed E-state index contributed by atoms with van der Waals surface area (Å²) in [4.78, 5) is 49.2. The average molecular weight is 538 g/mol. The zero-order valence-electron chi connectivity index (χ0n) is 23.7. The van der Waals surface area contributed by atoms with Crippen molar-refractivity contribution < 1.29 is 43.2 Å². The maximum Gasteiger partial charge on any atom is 0.508 e. The molecule has 0 radical (unpaired) electrons. The molecule has 0 heterocycles. The van der Waals surface area contributed by atoms with Crippen molar-refractivity contribution in [2.75, 3.05) is 6.61 Å². The zero-order valence-corrected chi connectivity index (χ0v) is 23.7. The molecule has 38 heavy (non-hydrogen) atoms. The number of hydrogen-bond donors (Lipinski definition) is 2. The van der Waals surface area contributed by atoms with E-state index in [0.29, 0.717) is 12.0 Å². The molecule has 3 N–H and O–H groups in total. The van der Waals surface area contributed by atoms with Gasteiger partial charge in [-0.2, -0.15) is 0 Å². The van der Waals surface area contributed by atoms with Gasteiger partial charge in [-0.15, -0.1) is 0 Å². The molecular weight excluding hydrogens is 494 g/mol. The Hall–Kier alpha value is -3.14. The molecule has 0 fully saturated rings. The van der Waals surface area contributed by atoms with Crippen LogP contribution in [-0.2, 0) is 30.3 Å². The minimum absolute atomic E-state index is 0.00634. The highest BCUT2D eigenvalue weighted by Crippen LogP contribution is 2.33. The number of aliphatic carboxylic acids is 1. The van der Waals surface area contributed by atoms with Crippen LogP contribution in [0.4, 0.5) is 4.79 Å². The van der Waals surface area contributed by atoms with E-state index in [1.54, 1.807) is 19.9 Å². The Morgan fingerprint density at radius 3 is 1.89 bits per heavy atom. The van der Waals surface area contributed by atoms with Gasteiger partial charge >= 0.3 is 24.1 Å². The molecule has 214 valence electrons. The molecule has 0 amide bonds. The van der Waals surface area contributed by atoms with Crippen molar-refractivity contribution in [1.29, 1.82) is 0 Å². The van der Waals surface area contributed by atoms with Gasteiger partial charge in [0.15, 0.2) is 11.5 Å². The molecule has 10 nitrogen and oxygen atoms in total. The van der Waals surface area contributed by atoms with Crippen LogP contribution in [0.25, 0.3) is 0 Å². The van der Waals surface area contributed by atoms with Crippen LogP contribution in [0, 0.1) is 23.7 Å². The molecule has 0 aliphatic rings. The first kappa shape index (κ1) is 32.9. The summed E-state index contributed by atoms with van der Waals surface area (Å²) < 4.78 is 21.2. The zero-order chi connectivity index (χ0) is 29.2. The molecule has 0 aliphatic carbocycles. The summed E-state index contributed by atoms with van der Waals surface area (Å²) >= 11 is 0. The normalized spacial score (nSPS) is 15.2. The molecule has 0 spiro atoms. The molecule has 1 aromatic rings. The summed E-state index contributed by atoms with van der Waals surface area (Å²) in [6.45, 7) is 14.5. The second kappa shape index (κ2) is 14.7. The predicted octanol–water partition coefficient (Wildman–Crippen LogP) is 4.75. The number of hydrogen-bond acceptors (Lipinski definition) is 9. The molecule has 4 atom stereocenters. The fourth-order valence-corrected chi connectivity index (χ4v) is 3.31. The molecule has 0 aromatic heterocycles. The number of esters is 2. The van der Waals surface area contributed by atoms with Crippen LogP contribution in [0.3, 0.4) is 0 Å². The summed E-state index contributed by atoms with van der Waals surface area (Å²) in [7, 11) is 0. The topological polar surface area (TPSA) is 151 Å². The highest BCUT2D eigenvalue weighted by Gasteiger charge is 2.37. The number of carbonyl (C=O) groups is 4. The van der Waals surface area contributed by atoms with Gasteiger partial charge in [0.05, 0.1) is 18.4 Å². The van der Waals surface area contributed by atoms with E-state index in [1.807, 2.05) is 34.6 Å². The SMILES string of the molecule is CCCOC(=O)O[C@@H](C)CC(N)(Cc1ccc(OC(=O)C(C)C(C)C)c(OC(=O)C(C)C(C)C)c1)C(=O)O. The van der Waals surface area contributed by atoms with Crippen molar-refractivity contribution in [3.63, 3.8) is 0 Å². The Balaban J connectivity index is 3.26. The Bertz CT molecular complexity index is 975. The number of ether oxygens (including phenoxy) is 4. The maximum atomic E-state index is 12.7. The van der Waals surface area contributed by atoms with E-state index in [0.717, 1.165) is 0 Å². The second-order valence-electron chi connectivity index (χ2n) is 10.6. The maximum absolute atomic E-state index is 12.7. The Morgan fingerprint density at radius 2 is 1.42 bits per heavy atom. The Kier molecular flexibility index (Phi) is 12.7. The highest BCUT2D eigenvalue weighted by molar-refractivity contribution is 5.80. The number of benzene rings is 1. The van der Waals surface area contributed by atoms with Gasteiger partial charge in [0.2, 0.25) is 0 Å². The highest BCUT2D eigenvalue weighted by atomic mass is 16.7. The standard InChI is InChI=1S/C28H43NO9/c1-9-12-35-27(34)36-18(6)14-28(29,26(32)33)15-21-10-11-22(37-24(30)19(7)16(2)3)23(13-21)38-25(31)20(8)17(4)5/h10-11,13,16-20H,9,12,14-15,29H2,1-8H3,(H,32,33)/t18-,19?,20?,28?/m0/s1. The van der Waals surface area contributed by atoms with E-state index in [4.69, 9.17) is 24.7 Å². The van der Waals surface area contributed by atoms with Gasteiger partial charge in [-0.05, 0) is 42.9 Å². The summed E-state index contributed by atoms with van der Waals surface area (Å²) in [6, 6.07) is 4.45. The first-order valence-electron chi connectivity index (χ1n) is 13.0. The lowest BCUT2D eigenvalue weighted by Gasteiger charge is -2.28. The molecule has 0 saturated carbocycles. The van der Waals surface area contributed by atoms with E-state index in [-0.39, 0.29) is 42.8 Å². The predicted molar refractivity (Wildman–Crippen MR) is 141 cm³/mol. The van der Waals surface area contributed by atoms with Crippen LogP contribution in [0.1, 0.15) is 73.8 Å². The lowest BCUT2D eigenvalue weighted by Crippen LogP contribution is -2.52. The fraction of sp³-hybridized carbons (Fsp3) is 0.643. The third-order valence-corrected chi connectivity index (χ3v) is 6.49. The molecular formula is C28H43NO9. The molecule has 0 saturated heterocycles. The first-order chi connectivity index (χ1) is 17.6. The third-order valence-electron chi connectivity index (χ3n) is 6.49. The van der Waals surface area contributed by atoms with Crippen molar-refractivity contribution >= 4 is 24.1 Å². The van der Waals surface area contributed by atoms with Crippen LogP contribution in [-0.4, -0.2) is 47.4 Å². The van der Waals surface area contributed by atoms with Gasteiger partial charge in [0.25, 0.3) is 0 Å². The number of rotatable bonds is 14. The fourth-order valence-electron chi connectivity index (χ4n) is 3.31. The summed E-state index contributed by atoms with van der Waals surface area (Å²) in [6.07, 6.45) is -1.51. The molecule has 1 aromatic carbocycles. The number of nitrogens with two attached hydrogens (primary N) is 1. The molecule has 3 unspecified atom stereocenters. The monoisotopic (exact) mass is 537 g/mol. The average Bonchev–Trinajstić information content (AvgIpc) is 2.82. The minimum Gasteiger partial charge on any atom is -0.480 e. The molecule has 0 aliphatic heterocycles. The van der Waals surface area contributed by atoms with Crippen molar-refractivity contribution in [1.82, 2.24) is 0 Å². The van der Waals surface area contributed by atoms with E-state index >= 15 is 0 Å².